The molecule has 0 unspecified atom stereocenters. The van der Waals surface area contributed by atoms with Crippen LogP contribution in [0.4, 0.5) is 5.00 Å². The molecule has 160 valence electrons. The monoisotopic (exact) mass is 472 g/mol. The van der Waals surface area contributed by atoms with Gasteiger partial charge in [0.2, 0.25) is 10.9 Å². The van der Waals surface area contributed by atoms with Gasteiger partial charge in [-0.05, 0) is 50.3 Å². The lowest BCUT2D eigenvalue weighted by Gasteiger charge is -2.12. The fourth-order valence-electron chi connectivity index (χ4n) is 3.81. The zero-order valence-electron chi connectivity index (χ0n) is 16.8. The number of anilines is 1. The number of thiophene rings is 1. The largest absolute Gasteiger partial charge is 0.462 e. The number of para-hydroxylation sites is 1. The molecule has 0 atom stereocenters. The second kappa shape index (κ2) is 8.60. The summed E-state index contributed by atoms with van der Waals surface area (Å²) in [5.41, 5.74) is 2.61. The quantitative estimate of drug-likeness (QED) is 0.321. The van der Waals surface area contributed by atoms with E-state index in [4.69, 9.17) is 4.74 Å². The molecule has 3 heterocycles. The Bertz CT molecular complexity index is 1290. The summed E-state index contributed by atoms with van der Waals surface area (Å²) in [6, 6.07) is 8.04. The van der Waals surface area contributed by atoms with Crippen LogP contribution < -0.4 is 5.32 Å². The Balaban J connectivity index is 1.35. The Morgan fingerprint density at radius 2 is 2.03 bits per heavy atom. The van der Waals surface area contributed by atoms with Crippen LogP contribution in [0.2, 0.25) is 0 Å². The van der Waals surface area contributed by atoms with Crippen molar-refractivity contribution in [2.24, 2.45) is 0 Å². The Labute approximate surface area is 190 Å². The topological polar surface area (TPSA) is 85.6 Å². The number of carbonyl (C=O) groups excluding carboxylic acids is 2. The van der Waals surface area contributed by atoms with Gasteiger partial charge in [0.1, 0.15) is 5.00 Å². The predicted molar refractivity (Wildman–Crippen MR) is 125 cm³/mol. The number of esters is 1. The van der Waals surface area contributed by atoms with Crippen molar-refractivity contribution < 1.29 is 14.3 Å². The van der Waals surface area contributed by atoms with Crippen molar-refractivity contribution >= 4 is 66.5 Å². The molecule has 1 N–H and O–H groups in total. The number of rotatable bonds is 6. The van der Waals surface area contributed by atoms with Gasteiger partial charge in [0, 0.05) is 4.88 Å². The summed E-state index contributed by atoms with van der Waals surface area (Å²) in [5.74, 6) is -0.352. The molecule has 0 aliphatic heterocycles. The number of nitrogens with one attached hydrogen (secondary N) is 1. The van der Waals surface area contributed by atoms with E-state index in [0.717, 1.165) is 46.4 Å². The maximum atomic E-state index is 12.8. The number of ether oxygens (including phenoxy) is 1. The standard InChI is InChI=1S/C21H20N4O3S3/c1-2-28-19(27)17-12-7-3-5-9-14(12)30-18(17)22-16(26)11-29-20-23-24-21-25(20)13-8-4-6-10-15(13)31-21/h4,6,8,10H,2-3,5,7,9,11H2,1H3,(H,22,26). The first kappa shape index (κ1) is 20.5. The average molecular weight is 473 g/mol. The van der Waals surface area contributed by atoms with Gasteiger partial charge in [-0.25, -0.2) is 4.79 Å². The number of carbonyl (C=O) groups is 2. The second-order valence-electron chi connectivity index (χ2n) is 7.14. The van der Waals surface area contributed by atoms with Crippen LogP contribution in [-0.2, 0) is 22.4 Å². The van der Waals surface area contributed by atoms with E-state index in [-0.39, 0.29) is 17.6 Å². The lowest BCUT2D eigenvalue weighted by Crippen LogP contribution is -2.17. The molecule has 0 bridgehead atoms. The summed E-state index contributed by atoms with van der Waals surface area (Å²) >= 11 is 4.41. The summed E-state index contributed by atoms with van der Waals surface area (Å²) in [4.78, 5) is 27.3. The molecular weight excluding hydrogens is 452 g/mol. The predicted octanol–water partition coefficient (Wildman–Crippen LogP) is 4.79. The smallest absolute Gasteiger partial charge is 0.341 e. The zero-order chi connectivity index (χ0) is 21.4. The third kappa shape index (κ3) is 3.83. The molecule has 7 nitrogen and oxygen atoms in total. The highest BCUT2D eigenvalue weighted by molar-refractivity contribution is 7.99. The Kier molecular flexibility index (Phi) is 5.68. The number of hydrogen-bond acceptors (Lipinski definition) is 8. The highest BCUT2D eigenvalue weighted by Crippen LogP contribution is 2.39. The number of aryl methyl sites for hydroxylation is 1. The van der Waals surface area contributed by atoms with Gasteiger partial charge in [-0.2, -0.15) is 0 Å². The molecule has 1 amide bonds. The van der Waals surface area contributed by atoms with Crippen LogP contribution in [0.3, 0.4) is 0 Å². The van der Waals surface area contributed by atoms with Crippen LogP contribution in [-0.4, -0.2) is 38.8 Å². The third-order valence-corrected chi connectivity index (χ3v) is 8.30. The van der Waals surface area contributed by atoms with E-state index in [1.54, 1.807) is 18.3 Å². The van der Waals surface area contributed by atoms with Gasteiger partial charge in [-0.3, -0.25) is 9.20 Å². The highest BCUT2D eigenvalue weighted by atomic mass is 32.2. The SMILES string of the molecule is CCOC(=O)c1c(NC(=O)CSc2nnc3sc4ccccc4n23)sc2c1CCCC2. The van der Waals surface area contributed by atoms with E-state index in [1.165, 1.54) is 28.0 Å². The summed E-state index contributed by atoms with van der Waals surface area (Å²) in [7, 11) is 0. The summed E-state index contributed by atoms with van der Waals surface area (Å²) in [6.45, 7) is 2.10. The first-order chi connectivity index (χ1) is 15.2. The van der Waals surface area contributed by atoms with Gasteiger partial charge >= 0.3 is 5.97 Å². The minimum Gasteiger partial charge on any atom is -0.462 e. The molecule has 0 radical (unpaired) electrons. The van der Waals surface area contributed by atoms with E-state index in [2.05, 4.69) is 15.5 Å². The number of aromatic nitrogens is 3. The van der Waals surface area contributed by atoms with Gasteiger partial charge in [0.05, 0.1) is 28.1 Å². The molecule has 1 aromatic carbocycles. The van der Waals surface area contributed by atoms with Crippen LogP contribution in [0.15, 0.2) is 29.4 Å². The highest BCUT2D eigenvalue weighted by Gasteiger charge is 2.27. The van der Waals surface area contributed by atoms with Crippen LogP contribution in [0.1, 0.15) is 40.6 Å². The number of benzene rings is 1. The number of fused-ring (bicyclic) bond motifs is 4. The number of hydrogen-bond donors (Lipinski definition) is 1. The molecule has 0 spiro atoms. The van der Waals surface area contributed by atoms with Crippen molar-refractivity contribution in [1.29, 1.82) is 0 Å². The number of amides is 1. The Hall–Kier alpha value is -2.43. The lowest BCUT2D eigenvalue weighted by molar-refractivity contribution is -0.113. The maximum absolute atomic E-state index is 12.8. The molecule has 0 fully saturated rings. The lowest BCUT2D eigenvalue weighted by atomic mass is 9.95. The summed E-state index contributed by atoms with van der Waals surface area (Å²) in [6.07, 6.45) is 3.96. The van der Waals surface area contributed by atoms with Crippen LogP contribution in [0.25, 0.3) is 15.2 Å². The molecule has 3 aromatic heterocycles. The molecule has 0 saturated heterocycles. The first-order valence-corrected chi connectivity index (χ1v) is 12.7. The fraction of sp³-hybridized carbons (Fsp3) is 0.333. The van der Waals surface area contributed by atoms with Crippen molar-refractivity contribution in [3.05, 3.63) is 40.3 Å². The molecule has 1 aliphatic carbocycles. The van der Waals surface area contributed by atoms with Gasteiger partial charge in [-0.1, -0.05) is 35.2 Å². The normalized spacial score (nSPS) is 13.5. The van der Waals surface area contributed by atoms with Crippen molar-refractivity contribution in [3.8, 4) is 0 Å². The van der Waals surface area contributed by atoms with Crippen molar-refractivity contribution in [3.63, 3.8) is 0 Å². The fourth-order valence-corrected chi connectivity index (χ4v) is 6.88. The van der Waals surface area contributed by atoms with Crippen LogP contribution in [0.5, 0.6) is 0 Å². The average Bonchev–Trinajstić information content (AvgIpc) is 3.43. The van der Waals surface area contributed by atoms with Crippen LogP contribution >= 0.6 is 34.4 Å². The first-order valence-electron chi connectivity index (χ1n) is 10.1. The van der Waals surface area contributed by atoms with E-state index >= 15 is 0 Å². The third-order valence-electron chi connectivity index (χ3n) is 5.15. The zero-order valence-corrected chi connectivity index (χ0v) is 19.3. The molecular formula is C21H20N4O3S3. The van der Waals surface area contributed by atoms with E-state index in [0.29, 0.717) is 22.3 Å². The number of thioether (sulfide) groups is 1. The van der Waals surface area contributed by atoms with Gasteiger partial charge in [0.25, 0.3) is 0 Å². The molecule has 5 rings (SSSR count). The number of nitrogens with zero attached hydrogens (tertiary/aromatic N) is 3. The number of thiazole rings is 1. The van der Waals surface area contributed by atoms with E-state index < -0.39 is 0 Å². The van der Waals surface area contributed by atoms with Crippen molar-refractivity contribution in [2.45, 2.75) is 37.8 Å². The van der Waals surface area contributed by atoms with Crippen molar-refractivity contribution in [2.75, 3.05) is 17.7 Å². The summed E-state index contributed by atoms with van der Waals surface area (Å²) in [5, 5.41) is 12.7. The summed E-state index contributed by atoms with van der Waals surface area (Å²) < 4.78 is 8.37. The Morgan fingerprint density at radius 1 is 1.19 bits per heavy atom. The molecule has 31 heavy (non-hydrogen) atoms. The maximum Gasteiger partial charge on any atom is 0.341 e. The minimum atomic E-state index is -0.353. The molecule has 4 aromatic rings. The van der Waals surface area contributed by atoms with Gasteiger partial charge in [-0.15, -0.1) is 21.5 Å². The molecule has 1 aliphatic rings. The molecule has 0 saturated carbocycles. The van der Waals surface area contributed by atoms with Crippen molar-refractivity contribution in [1.82, 2.24) is 14.6 Å². The van der Waals surface area contributed by atoms with Gasteiger partial charge in [0.15, 0.2) is 5.16 Å². The Morgan fingerprint density at radius 3 is 2.90 bits per heavy atom. The molecule has 10 heteroatoms. The van der Waals surface area contributed by atoms with Gasteiger partial charge < -0.3 is 10.1 Å². The van der Waals surface area contributed by atoms with E-state index in [1.807, 2.05) is 28.7 Å². The van der Waals surface area contributed by atoms with Crippen LogP contribution in [0, 0.1) is 0 Å². The van der Waals surface area contributed by atoms with E-state index in [9.17, 15) is 9.59 Å². The minimum absolute atomic E-state index is 0.176. The second-order valence-corrected chi connectivity index (χ2v) is 10.2.